The second-order valence-corrected chi connectivity index (χ2v) is 8.27. The third-order valence-corrected chi connectivity index (χ3v) is 5.91. The van der Waals surface area contributed by atoms with Gasteiger partial charge in [-0.3, -0.25) is 14.6 Å². The van der Waals surface area contributed by atoms with Crippen molar-refractivity contribution in [2.75, 3.05) is 18.4 Å². The highest BCUT2D eigenvalue weighted by Gasteiger charge is 2.47. The molecular weight excluding hydrogens is 428 g/mol. The van der Waals surface area contributed by atoms with E-state index in [0.29, 0.717) is 5.56 Å². The molecule has 9 heteroatoms. The van der Waals surface area contributed by atoms with E-state index in [1.807, 2.05) is 18.2 Å². The Morgan fingerprint density at radius 2 is 2.15 bits per heavy atom. The van der Waals surface area contributed by atoms with E-state index in [-0.39, 0.29) is 17.7 Å². The molecule has 1 saturated heterocycles. The summed E-state index contributed by atoms with van der Waals surface area (Å²) >= 11 is 0. The Morgan fingerprint density at radius 1 is 1.33 bits per heavy atom. The fourth-order valence-electron chi connectivity index (χ4n) is 4.28. The summed E-state index contributed by atoms with van der Waals surface area (Å²) in [6.45, 7) is 0.126. The van der Waals surface area contributed by atoms with Gasteiger partial charge in [0.05, 0.1) is 24.7 Å². The number of nitrogens with one attached hydrogen (secondary N) is 1. The number of hydrogen-bond donors (Lipinski definition) is 2. The Kier molecular flexibility index (Phi) is 6.09. The number of likely N-dealkylation sites (tertiary alicyclic amines) is 1. The maximum Gasteiger partial charge on any atom is 0.268 e. The van der Waals surface area contributed by atoms with Crippen molar-refractivity contribution in [1.29, 1.82) is 5.26 Å². The van der Waals surface area contributed by atoms with E-state index in [0.717, 1.165) is 35.5 Å². The third-order valence-electron chi connectivity index (χ3n) is 5.91. The summed E-state index contributed by atoms with van der Waals surface area (Å²) in [4.78, 5) is 29.9. The fraction of sp³-hybridized carbons (Fsp3) is 0.333. The predicted molar refractivity (Wildman–Crippen MR) is 119 cm³/mol. The zero-order chi connectivity index (χ0) is 23.6. The molecule has 0 bridgehead atoms. The van der Waals surface area contributed by atoms with Crippen LogP contribution in [0.3, 0.4) is 0 Å². The van der Waals surface area contributed by atoms with Crippen LogP contribution >= 0.6 is 0 Å². The lowest BCUT2D eigenvalue weighted by molar-refractivity contribution is -0.131. The molecule has 1 aromatic heterocycles. The maximum absolute atomic E-state index is 13.8. The molecule has 0 saturated carbocycles. The van der Waals surface area contributed by atoms with E-state index in [9.17, 15) is 23.6 Å². The van der Waals surface area contributed by atoms with E-state index in [1.54, 1.807) is 18.2 Å². The van der Waals surface area contributed by atoms with Crippen LogP contribution in [0.4, 0.5) is 14.5 Å². The molecule has 0 spiro atoms. The number of pyridine rings is 1. The number of aromatic nitrogens is 1. The van der Waals surface area contributed by atoms with E-state index >= 15 is 0 Å². The normalized spacial score (nSPS) is 19.1. The van der Waals surface area contributed by atoms with Crippen LogP contribution in [-0.4, -0.2) is 46.8 Å². The first-order valence-corrected chi connectivity index (χ1v) is 10.7. The van der Waals surface area contributed by atoms with Crippen LogP contribution in [0.5, 0.6) is 0 Å². The van der Waals surface area contributed by atoms with Crippen LogP contribution in [0.1, 0.15) is 45.6 Å². The van der Waals surface area contributed by atoms with Crippen molar-refractivity contribution < 1.29 is 18.4 Å². The van der Waals surface area contributed by atoms with Gasteiger partial charge in [-0.15, -0.1) is 0 Å². The molecule has 2 aliphatic heterocycles. The van der Waals surface area contributed by atoms with Gasteiger partial charge in [0, 0.05) is 36.0 Å². The Morgan fingerprint density at radius 3 is 2.91 bits per heavy atom. The number of nitriles is 1. The second kappa shape index (κ2) is 8.98. The molecular formula is C24H23F2N5O2. The number of rotatable bonds is 5. The molecule has 0 radical (unpaired) electrons. The van der Waals surface area contributed by atoms with Gasteiger partial charge in [0.1, 0.15) is 6.04 Å². The van der Waals surface area contributed by atoms with Crippen molar-refractivity contribution in [2.45, 2.75) is 37.6 Å². The topological polar surface area (TPSA) is 112 Å². The fourth-order valence-corrected chi connectivity index (χ4v) is 4.28. The van der Waals surface area contributed by atoms with Crippen LogP contribution in [0, 0.1) is 11.3 Å². The lowest BCUT2D eigenvalue weighted by atomic mass is 9.99. The Bertz CT molecular complexity index is 1170. The number of nitrogens with zero attached hydrogens (tertiary/aromatic N) is 3. The van der Waals surface area contributed by atoms with Crippen LogP contribution in [0.25, 0.3) is 12.2 Å². The molecule has 170 valence electrons. The molecule has 2 aromatic rings. The van der Waals surface area contributed by atoms with E-state index in [1.165, 1.54) is 17.8 Å². The lowest BCUT2D eigenvalue weighted by Gasteiger charge is -2.19. The number of carbonyl (C=O) groups excluding carboxylic acids is 2. The first-order chi connectivity index (χ1) is 15.8. The molecule has 2 aliphatic rings. The molecule has 7 nitrogen and oxygen atoms in total. The summed E-state index contributed by atoms with van der Waals surface area (Å²) in [5.41, 5.74) is 9.48. The highest BCUT2D eigenvalue weighted by atomic mass is 19.3. The number of amides is 2. The van der Waals surface area contributed by atoms with E-state index in [2.05, 4.69) is 10.3 Å². The van der Waals surface area contributed by atoms with Crippen molar-refractivity contribution in [3.8, 4) is 6.07 Å². The largest absolute Gasteiger partial charge is 0.385 e. The van der Waals surface area contributed by atoms with Crippen LogP contribution in [0.2, 0.25) is 0 Å². The molecule has 1 atom stereocenters. The van der Waals surface area contributed by atoms with Gasteiger partial charge in [-0.2, -0.15) is 5.26 Å². The SMILES string of the molecule is N#CC1CC(F)(F)CN1C(=O)Cc1nccc(C(N)=O)c1/C=C/c1ccc2c(c1)CCCN2. The summed E-state index contributed by atoms with van der Waals surface area (Å²) < 4.78 is 27.5. The van der Waals surface area contributed by atoms with Crippen molar-refractivity contribution >= 4 is 29.7 Å². The van der Waals surface area contributed by atoms with E-state index < -0.39 is 36.7 Å². The highest BCUT2D eigenvalue weighted by Crippen LogP contribution is 2.32. The molecule has 1 unspecified atom stereocenters. The Labute approximate surface area is 189 Å². The average molecular weight is 451 g/mol. The number of alkyl halides is 2. The lowest BCUT2D eigenvalue weighted by Crippen LogP contribution is -2.37. The number of hydrogen-bond acceptors (Lipinski definition) is 5. The van der Waals surface area contributed by atoms with Gasteiger partial charge in [-0.05, 0) is 42.2 Å². The molecule has 1 aromatic carbocycles. The standard InChI is InChI=1S/C24H23F2N5O2/c25-24(26)12-17(13-27)31(14-24)22(32)11-21-18(19(23(28)33)7-9-30-21)5-3-15-4-6-20-16(10-15)2-1-8-29-20/h3-7,9-10,17,29H,1-2,8,11-12,14H2,(H2,28,33)/b5-3+. The first kappa shape index (κ1) is 22.4. The zero-order valence-corrected chi connectivity index (χ0v) is 17.9. The minimum Gasteiger partial charge on any atom is -0.385 e. The number of aryl methyl sites for hydroxylation is 1. The number of primary amides is 1. The number of halogens is 2. The molecule has 0 aliphatic carbocycles. The summed E-state index contributed by atoms with van der Waals surface area (Å²) in [5.74, 6) is -4.45. The van der Waals surface area contributed by atoms with Gasteiger partial charge in [0.25, 0.3) is 5.92 Å². The van der Waals surface area contributed by atoms with Crippen molar-refractivity contribution in [3.63, 3.8) is 0 Å². The van der Waals surface area contributed by atoms with Crippen molar-refractivity contribution in [3.05, 3.63) is 58.4 Å². The van der Waals surface area contributed by atoms with Gasteiger partial charge in [-0.1, -0.05) is 18.2 Å². The summed E-state index contributed by atoms with van der Waals surface area (Å²) in [6.07, 6.45) is 5.80. The Balaban J connectivity index is 1.63. The number of carbonyl (C=O) groups is 2. The van der Waals surface area contributed by atoms with Gasteiger partial charge in [0.2, 0.25) is 11.8 Å². The third kappa shape index (κ3) is 4.85. The van der Waals surface area contributed by atoms with Crippen LogP contribution in [0.15, 0.2) is 30.5 Å². The van der Waals surface area contributed by atoms with Crippen molar-refractivity contribution in [1.82, 2.24) is 9.88 Å². The van der Waals surface area contributed by atoms with Crippen LogP contribution in [-0.2, 0) is 17.6 Å². The molecule has 2 amide bonds. The quantitative estimate of drug-likeness (QED) is 0.726. The highest BCUT2D eigenvalue weighted by molar-refractivity contribution is 5.98. The molecule has 3 N–H and O–H groups in total. The molecule has 1 fully saturated rings. The molecule has 3 heterocycles. The number of benzene rings is 1. The maximum atomic E-state index is 13.8. The molecule has 33 heavy (non-hydrogen) atoms. The molecule has 4 rings (SSSR count). The smallest absolute Gasteiger partial charge is 0.268 e. The number of fused-ring (bicyclic) bond motifs is 1. The second-order valence-electron chi connectivity index (χ2n) is 8.27. The average Bonchev–Trinajstić information content (AvgIpc) is 3.12. The monoisotopic (exact) mass is 451 g/mol. The summed E-state index contributed by atoms with van der Waals surface area (Å²) in [5, 5.41) is 12.5. The van der Waals surface area contributed by atoms with Crippen LogP contribution < -0.4 is 11.1 Å². The number of anilines is 1. The van der Waals surface area contributed by atoms with E-state index in [4.69, 9.17) is 5.73 Å². The van der Waals surface area contributed by atoms with Gasteiger partial charge >= 0.3 is 0 Å². The van der Waals surface area contributed by atoms with Gasteiger partial charge < -0.3 is 16.0 Å². The predicted octanol–water partition coefficient (Wildman–Crippen LogP) is 3.01. The van der Waals surface area contributed by atoms with Gasteiger partial charge in [0.15, 0.2) is 0 Å². The van der Waals surface area contributed by atoms with Gasteiger partial charge in [-0.25, -0.2) is 8.78 Å². The summed E-state index contributed by atoms with van der Waals surface area (Å²) in [6, 6.07) is 7.99. The minimum atomic E-state index is -3.11. The van der Waals surface area contributed by atoms with Crippen molar-refractivity contribution in [2.24, 2.45) is 5.73 Å². The Hall–Kier alpha value is -3.80. The minimum absolute atomic E-state index is 0.173. The number of nitrogens with two attached hydrogens (primary N) is 1. The first-order valence-electron chi connectivity index (χ1n) is 10.7. The zero-order valence-electron chi connectivity index (χ0n) is 17.9. The summed E-state index contributed by atoms with van der Waals surface area (Å²) in [7, 11) is 0.